The molecule has 37 heavy (non-hydrogen) atoms. The molecule has 0 spiro atoms. The number of hydrogen-bond donors (Lipinski definition) is 2. The summed E-state index contributed by atoms with van der Waals surface area (Å²) in [5.74, 6) is 1.44. The Balaban J connectivity index is 1.52. The van der Waals surface area contributed by atoms with Gasteiger partial charge in [0, 0.05) is 21.8 Å². The molecular weight excluding hydrogens is 514 g/mol. The lowest BCUT2D eigenvalue weighted by Gasteiger charge is -2.11. The summed E-state index contributed by atoms with van der Waals surface area (Å²) in [6.45, 7) is 1.75. The highest BCUT2D eigenvalue weighted by atomic mass is 35.5. The third-order valence-electron chi connectivity index (χ3n) is 5.34. The first-order valence-corrected chi connectivity index (χ1v) is 12.4. The molecule has 1 heterocycles. The second-order valence-electron chi connectivity index (χ2n) is 7.75. The molecule has 2 N–H and O–H groups in total. The number of methoxy groups -OCH3 is 2. The van der Waals surface area contributed by atoms with E-state index in [0.29, 0.717) is 33.0 Å². The molecule has 190 valence electrons. The number of amides is 1. The van der Waals surface area contributed by atoms with Gasteiger partial charge in [0.05, 0.1) is 25.7 Å². The predicted octanol–water partition coefficient (Wildman–Crippen LogP) is 4.94. The van der Waals surface area contributed by atoms with E-state index in [4.69, 9.17) is 21.1 Å². The second-order valence-corrected chi connectivity index (χ2v) is 9.13. The summed E-state index contributed by atoms with van der Waals surface area (Å²) < 4.78 is 12.2. The van der Waals surface area contributed by atoms with Gasteiger partial charge in [-0.2, -0.15) is 5.10 Å². The van der Waals surface area contributed by atoms with E-state index in [2.05, 4.69) is 20.7 Å². The molecule has 9 nitrogen and oxygen atoms in total. The summed E-state index contributed by atoms with van der Waals surface area (Å²) in [5, 5.41) is 23.8. The Morgan fingerprint density at radius 3 is 2.46 bits per heavy atom. The van der Waals surface area contributed by atoms with Crippen molar-refractivity contribution in [2.75, 3.05) is 20.0 Å². The number of aromatic hydroxyl groups is 1. The summed E-state index contributed by atoms with van der Waals surface area (Å²) in [6.07, 6.45) is 0. The van der Waals surface area contributed by atoms with Crippen LogP contribution >= 0.6 is 23.4 Å². The van der Waals surface area contributed by atoms with Crippen molar-refractivity contribution in [2.45, 2.75) is 12.1 Å². The van der Waals surface area contributed by atoms with Gasteiger partial charge in [0.2, 0.25) is 0 Å². The fourth-order valence-corrected chi connectivity index (χ4v) is 4.26. The van der Waals surface area contributed by atoms with Crippen LogP contribution in [0, 0.1) is 0 Å². The zero-order chi connectivity index (χ0) is 26.4. The third-order valence-corrected chi connectivity index (χ3v) is 6.53. The van der Waals surface area contributed by atoms with Crippen molar-refractivity contribution < 1.29 is 19.4 Å². The summed E-state index contributed by atoms with van der Waals surface area (Å²) >= 11 is 7.32. The highest BCUT2D eigenvalue weighted by Crippen LogP contribution is 2.30. The smallest absolute Gasteiger partial charge is 0.250 e. The molecule has 0 atom stereocenters. The highest BCUT2D eigenvalue weighted by Gasteiger charge is 2.17. The highest BCUT2D eigenvalue weighted by molar-refractivity contribution is 7.99. The van der Waals surface area contributed by atoms with Crippen LogP contribution in [-0.2, 0) is 4.79 Å². The molecule has 0 aliphatic rings. The monoisotopic (exact) mass is 537 g/mol. The minimum absolute atomic E-state index is 0.0262. The summed E-state index contributed by atoms with van der Waals surface area (Å²) in [4.78, 5) is 12.6. The van der Waals surface area contributed by atoms with Crippen molar-refractivity contribution in [3.63, 3.8) is 0 Å². The number of carbonyl (C=O) groups excluding carboxylic acids is 1. The Bertz CT molecular complexity index is 1420. The SMILES string of the molecule is COc1ccc(-c2nnc(SCC(=O)NN=C(C)c3ccc(O)c(OC)c3)n2-c2ccc(Cl)cc2)cc1. The lowest BCUT2D eigenvalue weighted by molar-refractivity contribution is -0.118. The van der Waals surface area contributed by atoms with Crippen LogP contribution in [0.1, 0.15) is 12.5 Å². The number of phenolic OH excluding ortho intramolecular Hbond substituents is 1. The van der Waals surface area contributed by atoms with Crippen LogP contribution < -0.4 is 14.9 Å². The third kappa shape index (κ3) is 6.22. The van der Waals surface area contributed by atoms with Gasteiger partial charge in [0.1, 0.15) is 5.75 Å². The first-order chi connectivity index (χ1) is 17.9. The van der Waals surface area contributed by atoms with Crippen molar-refractivity contribution in [3.8, 4) is 34.3 Å². The van der Waals surface area contributed by atoms with Crippen LogP contribution in [0.25, 0.3) is 17.1 Å². The van der Waals surface area contributed by atoms with Gasteiger partial charge in [-0.05, 0) is 73.7 Å². The van der Waals surface area contributed by atoms with Crippen LogP contribution in [0.2, 0.25) is 5.02 Å². The van der Waals surface area contributed by atoms with E-state index in [1.54, 1.807) is 38.3 Å². The Labute approximate surface area is 223 Å². The van der Waals surface area contributed by atoms with E-state index in [1.165, 1.54) is 24.9 Å². The Morgan fingerprint density at radius 2 is 1.78 bits per heavy atom. The van der Waals surface area contributed by atoms with Crippen molar-refractivity contribution in [1.82, 2.24) is 20.2 Å². The first kappa shape index (κ1) is 26.1. The number of rotatable bonds is 9. The molecule has 0 aliphatic heterocycles. The van der Waals surface area contributed by atoms with E-state index in [0.717, 1.165) is 17.0 Å². The van der Waals surface area contributed by atoms with Crippen LogP contribution in [0.5, 0.6) is 17.2 Å². The molecule has 4 rings (SSSR count). The van der Waals surface area contributed by atoms with Crippen molar-refractivity contribution in [1.29, 1.82) is 0 Å². The van der Waals surface area contributed by atoms with Gasteiger partial charge < -0.3 is 14.6 Å². The lowest BCUT2D eigenvalue weighted by atomic mass is 10.1. The summed E-state index contributed by atoms with van der Waals surface area (Å²) in [5.41, 5.74) is 5.46. The number of benzene rings is 3. The molecule has 0 saturated carbocycles. The molecule has 3 aromatic carbocycles. The molecule has 0 saturated heterocycles. The fourth-order valence-electron chi connectivity index (χ4n) is 3.39. The minimum Gasteiger partial charge on any atom is -0.504 e. The average molecular weight is 538 g/mol. The molecule has 0 bridgehead atoms. The number of hydrazone groups is 1. The topological polar surface area (TPSA) is 111 Å². The normalized spacial score (nSPS) is 11.3. The number of aromatic nitrogens is 3. The summed E-state index contributed by atoms with van der Waals surface area (Å²) in [7, 11) is 3.07. The van der Waals surface area contributed by atoms with Crippen LogP contribution in [0.3, 0.4) is 0 Å². The predicted molar refractivity (Wildman–Crippen MR) is 144 cm³/mol. The molecule has 0 aliphatic carbocycles. The van der Waals surface area contributed by atoms with E-state index in [-0.39, 0.29) is 17.4 Å². The zero-order valence-electron chi connectivity index (χ0n) is 20.3. The number of ether oxygens (including phenoxy) is 2. The number of carbonyl (C=O) groups is 1. The Kier molecular flexibility index (Phi) is 8.32. The van der Waals surface area contributed by atoms with Crippen LogP contribution in [0.4, 0.5) is 0 Å². The van der Waals surface area contributed by atoms with E-state index < -0.39 is 0 Å². The van der Waals surface area contributed by atoms with E-state index in [1.807, 2.05) is 41.0 Å². The molecule has 0 unspecified atom stereocenters. The van der Waals surface area contributed by atoms with E-state index >= 15 is 0 Å². The fraction of sp³-hybridized carbons (Fsp3) is 0.154. The Hall–Kier alpha value is -4.02. The largest absolute Gasteiger partial charge is 0.504 e. The molecular formula is C26H24ClN5O4S. The van der Waals surface area contributed by atoms with Crippen molar-refractivity contribution >= 4 is 35.0 Å². The number of nitrogens with zero attached hydrogens (tertiary/aromatic N) is 4. The molecule has 0 radical (unpaired) electrons. The average Bonchev–Trinajstić information content (AvgIpc) is 3.35. The van der Waals surface area contributed by atoms with Crippen LogP contribution in [-0.4, -0.2) is 51.5 Å². The molecule has 1 aromatic heterocycles. The minimum atomic E-state index is -0.313. The Morgan fingerprint density at radius 1 is 1.05 bits per heavy atom. The van der Waals surface area contributed by atoms with Crippen LogP contribution in [0.15, 0.2) is 77.0 Å². The number of hydrogen-bond acceptors (Lipinski definition) is 8. The maximum absolute atomic E-state index is 12.6. The van der Waals surface area contributed by atoms with Gasteiger partial charge in [-0.1, -0.05) is 23.4 Å². The number of phenols is 1. The lowest BCUT2D eigenvalue weighted by Crippen LogP contribution is -2.21. The maximum atomic E-state index is 12.6. The van der Waals surface area contributed by atoms with E-state index in [9.17, 15) is 9.90 Å². The standard InChI is InChI=1S/C26H24ClN5O4S/c1-16(18-6-13-22(33)23(14-18)36-3)28-29-24(34)15-37-26-31-30-25(17-4-11-21(35-2)12-5-17)32(26)20-9-7-19(27)8-10-20/h4-14,33H,15H2,1-3H3,(H,29,34). The second kappa shape index (κ2) is 11.8. The number of thioether (sulfide) groups is 1. The van der Waals surface area contributed by atoms with Gasteiger partial charge in [-0.3, -0.25) is 9.36 Å². The quantitative estimate of drug-likeness (QED) is 0.177. The van der Waals surface area contributed by atoms with Gasteiger partial charge in [0.15, 0.2) is 22.5 Å². The van der Waals surface area contributed by atoms with Crippen molar-refractivity contribution in [2.24, 2.45) is 5.10 Å². The van der Waals surface area contributed by atoms with Gasteiger partial charge in [-0.15, -0.1) is 10.2 Å². The summed E-state index contributed by atoms with van der Waals surface area (Å²) in [6, 6.07) is 19.6. The number of nitrogens with one attached hydrogen (secondary N) is 1. The molecule has 1 amide bonds. The molecule has 0 fully saturated rings. The van der Waals surface area contributed by atoms with Gasteiger partial charge >= 0.3 is 0 Å². The number of halogens is 1. The molecule has 4 aromatic rings. The van der Waals surface area contributed by atoms with Gasteiger partial charge in [-0.25, -0.2) is 5.43 Å². The first-order valence-electron chi connectivity index (χ1n) is 11.1. The zero-order valence-corrected chi connectivity index (χ0v) is 21.9. The maximum Gasteiger partial charge on any atom is 0.250 e. The van der Waals surface area contributed by atoms with Crippen molar-refractivity contribution in [3.05, 3.63) is 77.3 Å². The molecule has 11 heteroatoms. The van der Waals surface area contributed by atoms with Gasteiger partial charge in [0.25, 0.3) is 5.91 Å².